The highest BCUT2D eigenvalue weighted by Gasteiger charge is 2.29. The van der Waals surface area contributed by atoms with Crippen LogP contribution in [0.25, 0.3) is 16.3 Å². The van der Waals surface area contributed by atoms with Crippen LogP contribution in [0.15, 0.2) is 41.3 Å². The number of aliphatic hydroxyl groups excluding tert-OH is 2. The van der Waals surface area contributed by atoms with Gasteiger partial charge in [0.2, 0.25) is 0 Å². The topological polar surface area (TPSA) is 88.8 Å². The van der Waals surface area contributed by atoms with Crippen LogP contribution in [-0.4, -0.2) is 48.3 Å². The monoisotopic (exact) mass is 515 g/mol. The molecule has 3 unspecified atom stereocenters. The van der Waals surface area contributed by atoms with E-state index >= 15 is 0 Å². The molecular formula is C29H45N3O3S. The first-order valence-electron chi connectivity index (χ1n) is 13.3. The van der Waals surface area contributed by atoms with Crippen LogP contribution >= 0.6 is 11.9 Å². The maximum absolute atomic E-state index is 9.96. The molecule has 2 aromatic rings. The van der Waals surface area contributed by atoms with Crippen molar-refractivity contribution in [1.29, 1.82) is 5.26 Å². The van der Waals surface area contributed by atoms with E-state index in [9.17, 15) is 15.5 Å². The minimum Gasteiger partial charge on any atom is -0.391 e. The smallest absolute Gasteiger partial charge is 0.171 e. The van der Waals surface area contributed by atoms with E-state index in [0.717, 1.165) is 42.5 Å². The molecule has 3 rings (SSSR count). The van der Waals surface area contributed by atoms with E-state index in [4.69, 9.17) is 4.74 Å². The molecule has 2 aromatic carbocycles. The largest absolute Gasteiger partial charge is 0.391 e. The average Bonchev–Trinajstić information content (AvgIpc) is 2.92. The summed E-state index contributed by atoms with van der Waals surface area (Å²) < 4.78 is 8.23. The number of nitriles is 1. The van der Waals surface area contributed by atoms with Gasteiger partial charge in [-0.3, -0.25) is 4.72 Å². The Hall–Kier alpha value is -2.08. The van der Waals surface area contributed by atoms with Crippen molar-refractivity contribution in [3.05, 3.63) is 46.9 Å². The van der Waals surface area contributed by atoms with Crippen LogP contribution in [0.1, 0.15) is 73.3 Å². The minimum absolute atomic E-state index is 0.122. The van der Waals surface area contributed by atoms with Gasteiger partial charge in [-0.1, -0.05) is 59.7 Å². The van der Waals surface area contributed by atoms with Crippen molar-refractivity contribution >= 4 is 34.0 Å². The van der Waals surface area contributed by atoms with E-state index < -0.39 is 18.4 Å². The number of aliphatic hydroxyl groups is 2. The van der Waals surface area contributed by atoms with Crippen LogP contribution in [0.3, 0.4) is 0 Å². The molecule has 0 spiro atoms. The fraction of sp³-hybridized carbons (Fsp3) is 0.552. The van der Waals surface area contributed by atoms with E-state index in [-0.39, 0.29) is 6.61 Å². The highest BCUT2D eigenvalue weighted by Crippen LogP contribution is 2.30. The number of fused-ring (bicyclic) bond motifs is 1. The molecule has 0 amide bonds. The molecule has 200 valence electrons. The molecule has 1 heterocycles. The number of ether oxygens (including phenoxy) is 1. The SMILES string of the molecule is CC.CC.CCCN(CCC)c1ccc2cc(/C(C)=C(\C#N)SNC3CC(O)COC3O)ccc2c1. The number of nitrogens with zero attached hydrogens (tertiary/aromatic N) is 2. The van der Waals surface area contributed by atoms with Crippen molar-refractivity contribution in [2.24, 2.45) is 0 Å². The summed E-state index contributed by atoms with van der Waals surface area (Å²) in [5, 5.41) is 31.7. The predicted molar refractivity (Wildman–Crippen MR) is 155 cm³/mol. The Morgan fingerprint density at radius 2 is 1.67 bits per heavy atom. The van der Waals surface area contributed by atoms with Gasteiger partial charge < -0.3 is 19.8 Å². The highest BCUT2D eigenvalue weighted by atomic mass is 32.2. The summed E-state index contributed by atoms with van der Waals surface area (Å²) in [6.45, 7) is 16.6. The maximum Gasteiger partial charge on any atom is 0.171 e. The van der Waals surface area contributed by atoms with Crippen LogP contribution in [0, 0.1) is 11.3 Å². The van der Waals surface area contributed by atoms with Gasteiger partial charge >= 0.3 is 0 Å². The predicted octanol–water partition coefficient (Wildman–Crippen LogP) is 6.48. The summed E-state index contributed by atoms with van der Waals surface area (Å²) in [7, 11) is 0. The molecule has 0 radical (unpaired) electrons. The van der Waals surface area contributed by atoms with Crippen molar-refractivity contribution in [2.75, 3.05) is 24.6 Å². The first-order chi connectivity index (χ1) is 17.5. The zero-order valence-electron chi connectivity index (χ0n) is 23.0. The molecule has 0 aromatic heterocycles. The van der Waals surface area contributed by atoms with Crippen molar-refractivity contribution in [3.63, 3.8) is 0 Å². The standard InChI is InChI=1S/C25H33N3O3S.2C2H6/c1-4-10-28(11-5-2)21-9-8-19-12-18(6-7-20(19)13-21)17(3)24(15-26)32-27-23-14-22(29)16-31-25(23)30;2*1-2/h6-9,12-13,22-23,25,27,29-30H,4-5,10-11,14,16H2,1-3H3;2*1-2H3/b24-17+;;. The highest BCUT2D eigenvalue weighted by molar-refractivity contribution is 8.01. The zero-order chi connectivity index (χ0) is 27.1. The second-order valence-electron chi connectivity index (χ2n) is 8.24. The molecule has 0 saturated carbocycles. The summed E-state index contributed by atoms with van der Waals surface area (Å²) in [6, 6.07) is 14.6. The number of anilines is 1. The molecule has 6 nitrogen and oxygen atoms in total. The van der Waals surface area contributed by atoms with Crippen molar-refractivity contribution in [1.82, 2.24) is 4.72 Å². The van der Waals surface area contributed by atoms with Gasteiger partial charge in [0, 0.05) is 18.8 Å². The molecule has 1 saturated heterocycles. The van der Waals surface area contributed by atoms with Crippen LogP contribution in [0.2, 0.25) is 0 Å². The number of benzene rings is 2. The van der Waals surface area contributed by atoms with Gasteiger partial charge in [0.15, 0.2) is 6.29 Å². The van der Waals surface area contributed by atoms with Gasteiger partial charge in [-0.05, 0) is 78.2 Å². The number of hydrogen-bond acceptors (Lipinski definition) is 7. The Kier molecular flexibility index (Phi) is 15.4. The van der Waals surface area contributed by atoms with Crippen LogP contribution in [0.4, 0.5) is 5.69 Å². The third-order valence-electron chi connectivity index (χ3n) is 5.69. The number of nitrogens with one attached hydrogen (secondary N) is 1. The Morgan fingerprint density at radius 3 is 2.28 bits per heavy atom. The Bertz CT molecular complexity index is 983. The summed E-state index contributed by atoms with van der Waals surface area (Å²) in [6.07, 6.45) is 0.986. The summed E-state index contributed by atoms with van der Waals surface area (Å²) in [5.74, 6) is 0. The molecule has 7 heteroatoms. The molecule has 3 atom stereocenters. The average molecular weight is 516 g/mol. The van der Waals surface area contributed by atoms with Crippen LogP contribution in [0.5, 0.6) is 0 Å². The van der Waals surface area contributed by atoms with Crippen molar-refractivity contribution < 1.29 is 14.9 Å². The lowest BCUT2D eigenvalue weighted by Gasteiger charge is -2.31. The lowest BCUT2D eigenvalue weighted by molar-refractivity contribution is -0.168. The third-order valence-corrected chi connectivity index (χ3v) is 6.72. The van der Waals surface area contributed by atoms with E-state index in [1.54, 1.807) is 0 Å². The summed E-state index contributed by atoms with van der Waals surface area (Å²) in [5.41, 5.74) is 3.09. The van der Waals surface area contributed by atoms with E-state index in [2.05, 4.69) is 59.9 Å². The Morgan fingerprint density at radius 1 is 1.06 bits per heavy atom. The third kappa shape index (κ3) is 9.10. The Balaban J connectivity index is 0.00000154. The normalized spacial score (nSPS) is 19.7. The lowest BCUT2D eigenvalue weighted by Crippen LogP contribution is -2.46. The molecule has 1 aliphatic heterocycles. The summed E-state index contributed by atoms with van der Waals surface area (Å²) >= 11 is 1.17. The van der Waals surface area contributed by atoms with E-state index in [1.165, 1.54) is 23.0 Å². The first-order valence-corrected chi connectivity index (χ1v) is 14.1. The van der Waals surface area contributed by atoms with Gasteiger partial charge in [0.25, 0.3) is 0 Å². The van der Waals surface area contributed by atoms with Crippen LogP contribution < -0.4 is 9.62 Å². The fourth-order valence-corrected chi connectivity index (χ4v) is 4.73. The van der Waals surface area contributed by atoms with Gasteiger partial charge in [-0.2, -0.15) is 5.26 Å². The van der Waals surface area contributed by atoms with Gasteiger partial charge in [-0.15, -0.1) is 0 Å². The molecule has 1 aliphatic rings. The molecule has 0 aliphatic carbocycles. The number of hydrogen-bond donors (Lipinski definition) is 3. The number of rotatable bonds is 9. The quantitative estimate of drug-likeness (QED) is 0.260. The molecule has 36 heavy (non-hydrogen) atoms. The van der Waals surface area contributed by atoms with Gasteiger partial charge in [0.1, 0.15) is 11.0 Å². The van der Waals surface area contributed by atoms with Crippen molar-refractivity contribution in [2.45, 2.75) is 86.2 Å². The van der Waals surface area contributed by atoms with Crippen molar-refractivity contribution in [3.8, 4) is 6.07 Å². The Labute approximate surface area is 222 Å². The van der Waals surface area contributed by atoms with Crippen LogP contribution in [-0.2, 0) is 4.74 Å². The van der Waals surface area contributed by atoms with Gasteiger partial charge in [0.05, 0.1) is 18.8 Å². The minimum atomic E-state index is -0.999. The molecule has 3 N–H and O–H groups in total. The second-order valence-corrected chi connectivity index (χ2v) is 9.09. The molecular weight excluding hydrogens is 470 g/mol. The fourth-order valence-electron chi connectivity index (χ4n) is 3.93. The van der Waals surface area contributed by atoms with Gasteiger partial charge in [-0.25, -0.2) is 0 Å². The zero-order valence-corrected chi connectivity index (χ0v) is 23.9. The number of allylic oxidation sites excluding steroid dienone is 2. The van der Waals surface area contributed by atoms with E-state index in [1.807, 2.05) is 40.7 Å². The second kappa shape index (κ2) is 17.4. The molecule has 1 fully saturated rings. The van der Waals surface area contributed by atoms with E-state index in [0.29, 0.717) is 11.3 Å². The summed E-state index contributed by atoms with van der Waals surface area (Å²) in [4.78, 5) is 2.94. The maximum atomic E-state index is 9.96. The lowest BCUT2D eigenvalue weighted by atomic mass is 10.0. The first kappa shape index (κ1) is 31.9. The molecule has 0 bridgehead atoms.